The number of benzene rings is 4. The zero-order valence-electron chi connectivity index (χ0n) is 16.5. The van der Waals surface area contributed by atoms with Gasteiger partial charge in [-0.25, -0.2) is 0 Å². The van der Waals surface area contributed by atoms with Crippen molar-refractivity contribution < 1.29 is 4.79 Å². The Kier molecular flexibility index (Phi) is 5.68. The summed E-state index contributed by atoms with van der Waals surface area (Å²) in [4.78, 5) is 15.0. The van der Waals surface area contributed by atoms with Gasteiger partial charge >= 0.3 is 0 Å². The van der Waals surface area contributed by atoms with E-state index in [1.165, 1.54) is 16.3 Å². The van der Waals surface area contributed by atoms with Gasteiger partial charge in [-0.1, -0.05) is 78.9 Å². The topological polar surface area (TPSA) is 32.3 Å². The Labute approximate surface area is 171 Å². The van der Waals surface area contributed by atoms with Gasteiger partial charge in [-0.15, -0.1) is 0 Å². The van der Waals surface area contributed by atoms with Crippen LogP contribution in [0.2, 0.25) is 0 Å². The number of nitrogens with one attached hydrogen (secondary N) is 1. The fourth-order valence-corrected chi connectivity index (χ4v) is 3.65. The first kappa shape index (κ1) is 18.9. The summed E-state index contributed by atoms with van der Waals surface area (Å²) in [6.07, 6.45) is 0. The molecule has 0 aliphatic rings. The minimum atomic E-state index is 0.00878. The number of fused-ring (bicyclic) bond motifs is 1. The van der Waals surface area contributed by atoms with E-state index < -0.39 is 0 Å². The highest BCUT2D eigenvalue weighted by molar-refractivity contribution is 6.01. The Morgan fingerprint density at radius 3 is 1.97 bits per heavy atom. The molecule has 0 saturated carbocycles. The van der Waals surface area contributed by atoms with Gasteiger partial charge in [0.15, 0.2) is 0 Å². The van der Waals surface area contributed by atoms with Gasteiger partial charge in [-0.05, 0) is 47.5 Å². The zero-order chi connectivity index (χ0) is 20.1. The lowest BCUT2D eigenvalue weighted by molar-refractivity contribution is -0.117. The van der Waals surface area contributed by atoms with Gasteiger partial charge in [0, 0.05) is 17.4 Å². The number of rotatable bonds is 6. The van der Waals surface area contributed by atoms with Crippen LogP contribution in [0.25, 0.3) is 10.8 Å². The zero-order valence-corrected chi connectivity index (χ0v) is 16.5. The number of para-hydroxylation sites is 2. The van der Waals surface area contributed by atoms with Crippen LogP contribution in [0.5, 0.6) is 0 Å². The number of carbonyl (C=O) groups is 1. The van der Waals surface area contributed by atoms with E-state index in [-0.39, 0.29) is 18.5 Å². The molecule has 3 heteroatoms. The van der Waals surface area contributed by atoms with Crippen LogP contribution in [0.3, 0.4) is 0 Å². The first-order valence-corrected chi connectivity index (χ1v) is 9.88. The smallest absolute Gasteiger partial charge is 0.245 e. The van der Waals surface area contributed by atoms with E-state index in [2.05, 4.69) is 48.6 Å². The van der Waals surface area contributed by atoms with Crippen molar-refractivity contribution in [1.29, 1.82) is 0 Å². The van der Waals surface area contributed by atoms with E-state index in [4.69, 9.17) is 0 Å². The molecule has 4 rings (SSSR count). The van der Waals surface area contributed by atoms with Crippen molar-refractivity contribution in [2.45, 2.75) is 13.0 Å². The third kappa shape index (κ3) is 4.20. The lowest BCUT2D eigenvalue weighted by Crippen LogP contribution is -2.36. The molecule has 0 bridgehead atoms. The van der Waals surface area contributed by atoms with Gasteiger partial charge in [-0.2, -0.15) is 0 Å². The average molecular weight is 380 g/mol. The van der Waals surface area contributed by atoms with Crippen LogP contribution < -0.4 is 10.2 Å². The summed E-state index contributed by atoms with van der Waals surface area (Å²) in [5.74, 6) is 0.00878. The van der Waals surface area contributed by atoms with Crippen molar-refractivity contribution in [3.63, 3.8) is 0 Å². The van der Waals surface area contributed by atoms with E-state index >= 15 is 0 Å². The molecule has 4 aromatic carbocycles. The molecular formula is C26H24N2O. The summed E-state index contributed by atoms with van der Waals surface area (Å²) in [6, 6.07) is 34.2. The fourth-order valence-electron chi connectivity index (χ4n) is 3.65. The number of carbonyl (C=O) groups excluding carboxylic acids is 1. The molecule has 1 atom stereocenters. The van der Waals surface area contributed by atoms with Crippen LogP contribution in [0.4, 0.5) is 11.4 Å². The van der Waals surface area contributed by atoms with Crippen molar-refractivity contribution in [1.82, 2.24) is 5.32 Å². The highest BCUT2D eigenvalue weighted by Crippen LogP contribution is 2.26. The molecule has 1 amide bonds. The molecule has 144 valence electrons. The minimum absolute atomic E-state index is 0.00878. The molecule has 0 aliphatic carbocycles. The minimum Gasteiger partial charge on any atom is -0.302 e. The second-order valence-electron chi connectivity index (χ2n) is 7.07. The number of nitrogens with zero attached hydrogens (tertiary/aromatic N) is 1. The lowest BCUT2D eigenvalue weighted by Gasteiger charge is -2.24. The maximum absolute atomic E-state index is 13.2. The quantitative estimate of drug-likeness (QED) is 0.455. The fraction of sp³-hybridized carbons (Fsp3) is 0.115. The number of hydrogen-bond donors (Lipinski definition) is 1. The van der Waals surface area contributed by atoms with Gasteiger partial charge in [-0.3, -0.25) is 9.69 Å². The Balaban J connectivity index is 1.55. The Hall–Kier alpha value is -3.43. The first-order valence-electron chi connectivity index (χ1n) is 9.88. The highest BCUT2D eigenvalue weighted by atomic mass is 16.2. The molecule has 0 aliphatic heterocycles. The highest BCUT2D eigenvalue weighted by Gasteiger charge is 2.19. The molecule has 0 fully saturated rings. The van der Waals surface area contributed by atoms with Gasteiger partial charge < -0.3 is 5.32 Å². The molecule has 0 heterocycles. The van der Waals surface area contributed by atoms with Gasteiger partial charge in [0.25, 0.3) is 0 Å². The Morgan fingerprint density at radius 1 is 0.759 bits per heavy atom. The van der Waals surface area contributed by atoms with Crippen LogP contribution in [-0.2, 0) is 4.79 Å². The van der Waals surface area contributed by atoms with Crippen LogP contribution in [0.1, 0.15) is 18.5 Å². The summed E-state index contributed by atoms with van der Waals surface area (Å²) < 4.78 is 0. The monoisotopic (exact) mass is 380 g/mol. The van der Waals surface area contributed by atoms with Crippen molar-refractivity contribution in [2.24, 2.45) is 0 Å². The summed E-state index contributed by atoms with van der Waals surface area (Å²) in [7, 11) is 0. The van der Waals surface area contributed by atoms with E-state index in [1.54, 1.807) is 4.90 Å². The third-order valence-corrected chi connectivity index (χ3v) is 5.13. The second kappa shape index (κ2) is 8.72. The van der Waals surface area contributed by atoms with Gasteiger partial charge in [0.1, 0.15) is 0 Å². The van der Waals surface area contributed by atoms with E-state index in [1.807, 2.05) is 66.7 Å². The molecule has 29 heavy (non-hydrogen) atoms. The summed E-state index contributed by atoms with van der Waals surface area (Å²) in [5, 5.41) is 5.84. The number of amides is 1. The normalized spacial score (nSPS) is 11.9. The largest absolute Gasteiger partial charge is 0.302 e. The molecule has 0 aromatic heterocycles. The van der Waals surface area contributed by atoms with E-state index in [9.17, 15) is 4.79 Å². The first-order chi connectivity index (χ1) is 14.2. The summed E-state index contributed by atoms with van der Waals surface area (Å²) >= 11 is 0. The molecule has 1 unspecified atom stereocenters. The molecule has 4 aromatic rings. The second-order valence-corrected chi connectivity index (χ2v) is 7.07. The summed E-state index contributed by atoms with van der Waals surface area (Å²) in [6.45, 7) is 2.35. The number of anilines is 2. The summed E-state index contributed by atoms with van der Waals surface area (Å²) in [5.41, 5.74) is 2.92. The van der Waals surface area contributed by atoms with Crippen molar-refractivity contribution in [2.75, 3.05) is 11.4 Å². The van der Waals surface area contributed by atoms with Crippen LogP contribution in [0.15, 0.2) is 103 Å². The van der Waals surface area contributed by atoms with Crippen molar-refractivity contribution in [3.05, 3.63) is 109 Å². The predicted octanol–water partition coefficient (Wildman–Crippen LogP) is 5.86. The van der Waals surface area contributed by atoms with Crippen LogP contribution in [0, 0.1) is 0 Å². The lowest BCUT2D eigenvalue weighted by atomic mass is 10.00. The predicted molar refractivity (Wildman–Crippen MR) is 120 cm³/mol. The Bertz CT molecular complexity index is 1050. The van der Waals surface area contributed by atoms with Crippen molar-refractivity contribution >= 4 is 28.1 Å². The van der Waals surface area contributed by atoms with E-state index in [0.717, 1.165) is 11.4 Å². The Morgan fingerprint density at radius 2 is 1.31 bits per heavy atom. The van der Waals surface area contributed by atoms with Gasteiger partial charge in [0.05, 0.1) is 6.54 Å². The van der Waals surface area contributed by atoms with E-state index in [0.29, 0.717) is 0 Å². The molecular weight excluding hydrogens is 356 g/mol. The molecule has 1 N–H and O–H groups in total. The van der Waals surface area contributed by atoms with Gasteiger partial charge in [0.2, 0.25) is 5.91 Å². The van der Waals surface area contributed by atoms with Crippen LogP contribution in [-0.4, -0.2) is 12.5 Å². The third-order valence-electron chi connectivity index (χ3n) is 5.13. The number of hydrogen-bond acceptors (Lipinski definition) is 2. The standard InChI is InChI=1S/C26H24N2O/c1-20(24-18-10-12-21-11-8-9-17-25(21)24)27-19-26(29)28(22-13-4-2-5-14-22)23-15-6-3-7-16-23/h2-18,20,27H,19H2,1H3. The molecule has 0 radical (unpaired) electrons. The van der Waals surface area contributed by atoms with Crippen molar-refractivity contribution in [3.8, 4) is 0 Å². The molecule has 0 saturated heterocycles. The maximum Gasteiger partial charge on any atom is 0.245 e. The molecule has 3 nitrogen and oxygen atoms in total. The van der Waals surface area contributed by atoms with Crippen LogP contribution >= 0.6 is 0 Å². The molecule has 0 spiro atoms. The average Bonchev–Trinajstić information content (AvgIpc) is 2.79. The SMILES string of the molecule is CC(NCC(=O)N(c1ccccc1)c1ccccc1)c1cccc2ccccc12. The maximum atomic E-state index is 13.2.